The van der Waals surface area contributed by atoms with E-state index >= 15 is 0 Å². The number of non-ortho nitro benzene ring substituents is 1. The lowest BCUT2D eigenvalue weighted by Gasteiger charge is -2.17. The molecule has 9 nitrogen and oxygen atoms in total. The number of nitro benzene ring substituents is 1. The number of hydrogen-bond acceptors (Lipinski definition) is 7. The molecular formula is C13H13FN2O7S. The number of ether oxygens (including phenoxy) is 1. The molecule has 1 amide bonds. The second kappa shape index (κ2) is 6.51. The van der Waals surface area contributed by atoms with E-state index in [1.807, 2.05) is 0 Å². The summed E-state index contributed by atoms with van der Waals surface area (Å²) in [5.41, 5.74) is -0.508. The molecular weight excluding hydrogens is 347 g/mol. The Morgan fingerprint density at radius 3 is 2.67 bits per heavy atom. The van der Waals surface area contributed by atoms with Crippen LogP contribution in [0.4, 0.5) is 15.3 Å². The van der Waals surface area contributed by atoms with Gasteiger partial charge in [-0.2, -0.15) is 8.42 Å². The van der Waals surface area contributed by atoms with E-state index in [-0.39, 0.29) is 24.2 Å². The van der Waals surface area contributed by atoms with Gasteiger partial charge in [-0.1, -0.05) is 0 Å². The van der Waals surface area contributed by atoms with Crippen molar-refractivity contribution in [1.82, 2.24) is 0 Å². The van der Waals surface area contributed by atoms with E-state index in [2.05, 4.69) is 4.74 Å². The summed E-state index contributed by atoms with van der Waals surface area (Å²) in [5, 5.41) is 11.0. The van der Waals surface area contributed by atoms with Crippen molar-refractivity contribution in [1.29, 1.82) is 0 Å². The van der Waals surface area contributed by atoms with Crippen LogP contribution in [-0.2, 0) is 19.8 Å². The number of esters is 1. The minimum atomic E-state index is -4.74. The first-order valence-electron chi connectivity index (χ1n) is 6.71. The van der Waals surface area contributed by atoms with Crippen LogP contribution in [0.5, 0.6) is 0 Å². The smallest absolute Gasteiger partial charge is 0.338 e. The van der Waals surface area contributed by atoms with Gasteiger partial charge in [0.1, 0.15) is 0 Å². The van der Waals surface area contributed by atoms with E-state index in [1.54, 1.807) is 0 Å². The molecule has 0 aromatic heterocycles. The average molecular weight is 360 g/mol. The fourth-order valence-corrected chi connectivity index (χ4v) is 3.30. The van der Waals surface area contributed by atoms with Crippen LogP contribution >= 0.6 is 0 Å². The van der Waals surface area contributed by atoms with Crippen LogP contribution in [-0.4, -0.2) is 44.6 Å². The number of carbonyl (C=O) groups excluding carboxylic acids is 2. The monoisotopic (exact) mass is 360 g/mol. The Morgan fingerprint density at radius 2 is 2.12 bits per heavy atom. The maximum absolute atomic E-state index is 12.8. The van der Waals surface area contributed by atoms with Gasteiger partial charge in [0, 0.05) is 31.0 Å². The molecule has 1 aliphatic rings. The lowest BCUT2D eigenvalue weighted by molar-refractivity contribution is -0.384. The van der Waals surface area contributed by atoms with E-state index in [0.717, 1.165) is 24.1 Å². The molecule has 1 atom stereocenters. The predicted octanol–water partition coefficient (Wildman–Crippen LogP) is 1.03. The van der Waals surface area contributed by atoms with Gasteiger partial charge in [-0.15, -0.1) is 3.89 Å². The molecule has 0 saturated carbocycles. The first-order chi connectivity index (χ1) is 11.1. The van der Waals surface area contributed by atoms with Crippen molar-refractivity contribution in [2.24, 2.45) is 5.92 Å². The zero-order valence-corrected chi connectivity index (χ0v) is 13.3. The van der Waals surface area contributed by atoms with Crippen LogP contribution in [0.3, 0.4) is 0 Å². The minimum Gasteiger partial charge on any atom is -0.465 e. The second-order valence-electron chi connectivity index (χ2n) is 5.27. The van der Waals surface area contributed by atoms with Crippen molar-refractivity contribution < 1.29 is 31.6 Å². The number of methoxy groups -OCH3 is 1. The number of halogens is 1. The summed E-state index contributed by atoms with van der Waals surface area (Å²) in [6.45, 7) is -0.121. The molecule has 1 aromatic rings. The first-order valence-corrected chi connectivity index (χ1v) is 8.26. The molecule has 1 aliphatic heterocycles. The van der Waals surface area contributed by atoms with Crippen molar-refractivity contribution in [3.63, 3.8) is 0 Å². The molecule has 1 heterocycles. The van der Waals surface area contributed by atoms with Crippen LogP contribution in [0.2, 0.25) is 0 Å². The number of carbonyl (C=O) groups is 2. The van der Waals surface area contributed by atoms with Gasteiger partial charge in [0.25, 0.3) is 5.69 Å². The van der Waals surface area contributed by atoms with Crippen LogP contribution in [0.1, 0.15) is 16.8 Å². The van der Waals surface area contributed by atoms with Crippen LogP contribution < -0.4 is 4.90 Å². The van der Waals surface area contributed by atoms with Crippen molar-refractivity contribution >= 4 is 33.5 Å². The quantitative estimate of drug-likeness (QED) is 0.332. The third-order valence-corrected chi connectivity index (χ3v) is 4.36. The van der Waals surface area contributed by atoms with Gasteiger partial charge in [0.15, 0.2) is 0 Å². The third kappa shape index (κ3) is 4.04. The molecule has 1 fully saturated rings. The highest BCUT2D eigenvalue weighted by molar-refractivity contribution is 7.86. The number of rotatable bonds is 5. The Balaban J connectivity index is 2.37. The number of amides is 1. The molecule has 1 saturated heterocycles. The topological polar surface area (TPSA) is 124 Å². The maximum Gasteiger partial charge on any atom is 0.338 e. The second-order valence-corrected chi connectivity index (χ2v) is 6.68. The fraction of sp³-hybridized carbons (Fsp3) is 0.385. The van der Waals surface area contributed by atoms with E-state index < -0.39 is 44.4 Å². The fourth-order valence-electron chi connectivity index (χ4n) is 2.52. The van der Waals surface area contributed by atoms with Crippen LogP contribution in [0.15, 0.2) is 18.2 Å². The third-order valence-electron chi connectivity index (χ3n) is 3.49. The van der Waals surface area contributed by atoms with Crippen LogP contribution in [0.25, 0.3) is 0 Å². The van der Waals surface area contributed by atoms with E-state index in [1.165, 1.54) is 6.07 Å². The first kappa shape index (κ1) is 17.8. The van der Waals surface area contributed by atoms with Gasteiger partial charge >= 0.3 is 16.2 Å². The summed E-state index contributed by atoms with van der Waals surface area (Å²) in [4.78, 5) is 35.0. The largest absolute Gasteiger partial charge is 0.465 e. The Hall–Kier alpha value is -2.56. The highest BCUT2D eigenvalue weighted by Gasteiger charge is 2.34. The lowest BCUT2D eigenvalue weighted by Crippen LogP contribution is -2.25. The summed E-state index contributed by atoms with van der Waals surface area (Å²) in [6.07, 6.45) is -0.209. The SMILES string of the molecule is COC(=O)c1cc(N2CC(CS(=O)(=O)F)CC2=O)cc([N+](=O)[O-])c1. The summed E-state index contributed by atoms with van der Waals surface area (Å²) < 4.78 is 38.7. The Morgan fingerprint density at radius 1 is 1.46 bits per heavy atom. The van der Waals surface area contributed by atoms with E-state index in [0.29, 0.717) is 0 Å². The van der Waals surface area contributed by atoms with Gasteiger partial charge in [-0.05, 0) is 6.07 Å². The van der Waals surface area contributed by atoms with Crippen molar-refractivity contribution in [2.45, 2.75) is 6.42 Å². The molecule has 0 radical (unpaired) electrons. The Kier molecular flexibility index (Phi) is 4.83. The number of benzene rings is 1. The van der Waals surface area contributed by atoms with Crippen molar-refractivity contribution in [3.05, 3.63) is 33.9 Å². The molecule has 2 rings (SSSR count). The lowest BCUT2D eigenvalue weighted by atomic mass is 10.1. The van der Waals surface area contributed by atoms with E-state index in [9.17, 15) is 32.0 Å². The molecule has 130 valence electrons. The molecule has 1 unspecified atom stereocenters. The highest BCUT2D eigenvalue weighted by Crippen LogP contribution is 2.30. The van der Waals surface area contributed by atoms with E-state index in [4.69, 9.17) is 0 Å². The number of nitro groups is 1. The maximum atomic E-state index is 12.8. The van der Waals surface area contributed by atoms with Crippen molar-refractivity contribution in [2.75, 3.05) is 24.3 Å². The summed E-state index contributed by atoms with van der Waals surface area (Å²) in [6, 6.07) is 3.30. The standard InChI is InChI=1S/C13H13FN2O7S/c1-23-13(18)9-3-10(5-11(4-9)16(19)20)15-6-8(2-12(15)17)7-24(14,21)22/h3-5,8H,2,6-7H2,1H3. The number of nitrogens with zero attached hydrogens (tertiary/aromatic N) is 2. The molecule has 0 spiro atoms. The number of hydrogen-bond donors (Lipinski definition) is 0. The van der Waals surface area contributed by atoms with Gasteiger partial charge in [-0.25, -0.2) is 4.79 Å². The molecule has 1 aromatic carbocycles. The normalized spacial score (nSPS) is 17.8. The minimum absolute atomic E-state index is 0.0494. The average Bonchev–Trinajstić information content (AvgIpc) is 2.84. The van der Waals surface area contributed by atoms with Gasteiger partial charge in [0.2, 0.25) is 5.91 Å². The van der Waals surface area contributed by atoms with Crippen molar-refractivity contribution in [3.8, 4) is 0 Å². The molecule has 0 bridgehead atoms. The summed E-state index contributed by atoms with van der Waals surface area (Å²) in [5.74, 6) is -2.92. The molecule has 0 aliphatic carbocycles. The molecule has 11 heteroatoms. The molecule has 0 N–H and O–H groups in total. The van der Waals surface area contributed by atoms with Gasteiger partial charge in [0.05, 0.1) is 29.0 Å². The Labute approximate surface area is 136 Å². The number of anilines is 1. The highest BCUT2D eigenvalue weighted by atomic mass is 32.3. The summed E-state index contributed by atoms with van der Waals surface area (Å²) >= 11 is 0. The van der Waals surface area contributed by atoms with Gasteiger partial charge < -0.3 is 9.64 Å². The van der Waals surface area contributed by atoms with Crippen LogP contribution in [0, 0.1) is 16.0 Å². The zero-order chi connectivity index (χ0) is 18.1. The predicted molar refractivity (Wildman–Crippen MR) is 79.8 cm³/mol. The zero-order valence-electron chi connectivity index (χ0n) is 12.5. The van der Waals surface area contributed by atoms with Gasteiger partial charge in [-0.3, -0.25) is 14.9 Å². The summed E-state index contributed by atoms with van der Waals surface area (Å²) in [7, 11) is -3.64. The molecule has 24 heavy (non-hydrogen) atoms. The Bertz CT molecular complexity index is 809.